The molecule has 0 fully saturated rings. The lowest BCUT2D eigenvalue weighted by Crippen LogP contribution is -2.44. The number of ketones is 2. The summed E-state index contributed by atoms with van der Waals surface area (Å²) in [4.78, 5) is 120. The summed E-state index contributed by atoms with van der Waals surface area (Å²) in [6.45, 7) is 15.5. The van der Waals surface area contributed by atoms with E-state index in [-0.39, 0.29) is 97.1 Å². The molecule has 1 unspecified atom stereocenters. The number of rotatable bonds is 48. The minimum Gasteiger partial charge on any atom is -0.497 e. The Balaban J connectivity index is 0.000000345. The molecule has 0 saturated carbocycles. The summed E-state index contributed by atoms with van der Waals surface area (Å²) < 4.78 is 75.1. The number of amides is 1. The van der Waals surface area contributed by atoms with Gasteiger partial charge in [0.15, 0.2) is 11.6 Å². The maximum atomic E-state index is 13.6. The van der Waals surface area contributed by atoms with E-state index in [1.165, 1.54) is 65.0 Å². The van der Waals surface area contributed by atoms with Crippen LogP contribution in [-0.2, 0) is 84.3 Å². The molecule has 0 aliphatic heterocycles. The van der Waals surface area contributed by atoms with Crippen LogP contribution in [0.4, 0.5) is 17.1 Å². The first kappa shape index (κ1) is 115. The molecule has 1 amide bonds. The fourth-order valence-corrected chi connectivity index (χ4v) is 16.1. The number of non-ortho nitro benzene ring substituents is 1. The summed E-state index contributed by atoms with van der Waals surface area (Å²) in [5, 5.41) is 42.0. The van der Waals surface area contributed by atoms with Gasteiger partial charge in [-0.1, -0.05) is 172 Å². The SMILES string of the molecule is C.CCCCNC(=O)CCc1ccc(C(OC(C)(C)OC(=O)CCC(=O)OC(C)(C)OC(=O)CCC(=O)COc2cccc(C(C)(c3ccc(OC)cc3)c3ccc(OC)cc3)c2)(c2ccccc2)c2ccc(OC)cc2)cc1.CNSc1ccccc1[N+](=O)[O-].COSc1ccc([N+](=O)[O-])cc1[N+](=O)[O-].COc1ccc(C(C)(c2ccc(OC)cc2)c2cccc(OCC(=O)CCC(=O)OC(C)(C)[OH2+])c2)cc1. The van der Waals surface area contributed by atoms with Crippen LogP contribution in [0.3, 0.4) is 0 Å². The summed E-state index contributed by atoms with van der Waals surface area (Å²) in [5.74, 6) is -3.44. The molecule has 0 aromatic heterocycles. The highest BCUT2D eigenvalue weighted by Gasteiger charge is 2.45. The molecule has 1 atom stereocenters. The van der Waals surface area contributed by atoms with E-state index in [0.29, 0.717) is 41.5 Å². The molecule has 0 spiro atoms. The number of hydrogen-bond donors (Lipinski definition) is 2. The zero-order valence-corrected chi connectivity index (χ0v) is 84.0. The van der Waals surface area contributed by atoms with E-state index in [9.17, 15) is 63.9 Å². The Morgan fingerprint density at radius 3 is 1.13 bits per heavy atom. The van der Waals surface area contributed by atoms with E-state index in [1.807, 2.05) is 212 Å². The number of esters is 4. The lowest BCUT2D eigenvalue weighted by Gasteiger charge is -2.41. The average molecular weight is 2000 g/mol. The van der Waals surface area contributed by atoms with Crippen molar-refractivity contribution in [2.75, 3.05) is 69.5 Å². The Morgan fingerprint density at radius 1 is 0.378 bits per heavy atom. The molecule has 0 saturated heterocycles. The van der Waals surface area contributed by atoms with Gasteiger partial charge in [-0.25, -0.2) is 0 Å². The smallest absolute Gasteiger partial charge is 0.312 e. The molecule has 4 N–H and O–H groups in total. The monoisotopic (exact) mass is 2000 g/mol. The number of nitro benzene ring substituents is 3. The van der Waals surface area contributed by atoms with Crippen molar-refractivity contribution in [1.29, 1.82) is 0 Å². The van der Waals surface area contributed by atoms with Crippen LogP contribution < -0.4 is 43.2 Å². The van der Waals surface area contributed by atoms with Gasteiger partial charge in [-0.2, -0.15) is 0 Å². The second kappa shape index (κ2) is 55.6. The van der Waals surface area contributed by atoms with Crippen molar-refractivity contribution in [1.82, 2.24) is 10.0 Å². The molecule has 143 heavy (non-hydrogen) atoms. The highest BCUT2D eigenvalue weighted by atomic mass is 32.2. The molecule has 11 aromatic carbocycles. The zero-order valence-electron chi connectivity index (χ0n) is 82.4. The second-order valence-corrected chi connectivity index (χ2v) is 35.8. The van der Waals surface area contributed by atoms with Gasteiger partial charge in [0.05, 0.1) is 103 Å². The molecule has 0 radical (unpaired) electrons. The largest absolute Gasteiger partial charge is 0.497 e. The number of unbranched alkanes of at least 4 members (excludes halogenated alkanes) is 1. The maximum absolute atomic E-state index is 13.6. The average Bonchev–Trinajstić information content (AvgIpc) is 0.749. The van der Waals surface area contributed by atoms with Crippen molar-refractivity contribution in [2.24, 2.45) is 0 Å². The van der Waals surface area contributed by atoms with Crippen molar-refractivity contribution >= 4 is 82.4 Å². The highest BCUT2D eigenvalue weighted by molar-refractivity contribution is 7.97. The van der Waals surface area contributed by atoms with Crippen LogP contribution in [0.15, 0.2) is 277 Å². The van der Waals surface area contributed by atoms with Crippen molar-refractivity contribution in [2.45, 2.75) is 178 Å². The molecular weight excluding hydrogens is 1880 g/mol. The fraction of sp³-hybridized carbons (Fsp3) is 0.330. The van der Waals surface area contributed by atoms with Gasteiger partial charge in [-0.05, 0) is 198 Å². The number of methoxy groups -OCH3 is 5. The van der Waals surface area contributed by atoms with Gasteiger partial charge < -0.3 is 71.4 Å². The van der Waals surface area contributed by atoms with Crippen LogP contribution in [0, 0.1) is 30.3 Å². The molecule has 0 heterocycles. The van der Waals surface area contributed by atoms with Crippen LogP contribution in [0.25, 0.3) is 0 Å². The van der Waals surface area contributed by atoms with E-state index in [2.05, 4.69) is 35.0 Å². The summed E-state index contributed by atoms with van der Waals surface area (Å²) in [6, 6.07) is 81.6. The van der Waals surface area contributed by atoms with Gasteiger partial charge in [0.1, 0.15) is 68.9 Å². The van der Waals surface area contributed by atoms with Gasteiger partial charge in [-0.15, -0.1) is 0 Å². The summed E-state index contributed by atoms with van der Waals surface area (Å²) in [5.41, 5.74) is 6.18. The van der Waals surface area contributed by atoms with Crippen LogP contribution in [0.1, 0.15) is 183 Å². The number of para-hydroxylation sites is 1. The number of ether oxygens (including phenoxy) is 12. The lowest BCUT2D eigenvalue weighted by atomic mass is 9.71. The van der Waals surface area contributed by atoms with Gasteiger partial charge in [0, 0.05) is 88.5 Å². The Hall–Kier alpha value is -14.6. The van der Waals surface area contributed by atoms with E-state index >= 15 is 0 Å². The predicted octanol–water partition coefficient (Wildman–Crippen LogP) is 20.9. The maximum Gasteiger partial charge on any atom is 0.312 e. The number of benzene rings is 11. The van der Waals surface area contributed by atoms with Crippen molar-refractivity contribution in [3.05, 3.63) is 353 Å². The molecule has 0 aliphatic carbocycles. The Bertz CT molecular complexity index is 5910. The first-order chi connectivity index (χ1) is 67.7. The standard InChI is InChI=1S/C64H73NO13.C30H34O7.C7H6N2O5S.C7H8N2O2S.CH4/c1-10-11-42-65-57(67)38-22-45-20-23-49(24-21-45)64(48-16-13-12-14-17-48,50-29-36-55(73-9)37-30-50)78-62(4,5)77-60(70)41-40-59(69)76-61(2,3)75-58(68)39-31-52(66)44-74-56-19-15-18-51(43-56)63(6,46-25-32-53(71-7)33-26-46)47-27-34-54(72-8)35-28-47;1-29(2,33)37-28(32)18-13-24(31)20-36-27-8-6-7-23(19-27)30(3,21-9-14-25(34-4)15-10-21)22-11-16-26(35-5)17-12-22;1-14-15-7-3-2-5(8(10)11)4-6(7)9(12)13;1-8-12-7-5-3-2-4-6(7)9(10)11;/h12-21,23-30,32-37,43H,10-11,22,31,38-42,44H2,1-9H3,(H,65,67);6-12,14-17,19,33H,13,18,20H2,1-5H3;2-4H,1H3;2-5,8H,1H3;1H4/p+1. The summed E-state index contributed by atoms with van der Waals surface area (Å²) >= 11 is 2.02. The Labute approximate surface area is 842 Å². The number of nitro groups is 3. The zero-order chi connectivity index (χ0) is 104. The molecule has 11 rings (SSSR count). The second-order valence-electron chi connectivity index (χ2n) is 33.8. The van der Waals surface area contributed by atoms with Crippen LogP contribution in [-0.4, -0.2) is 148 Å². The number of nitrogens with zero attached hydrogens (tertiary/aromatic N) is 3. The van der Waals surface area contributed by atoms with Gasteiger partial charge in [-0.3, -0.25) is 68.6 Å². The number of Topliss-reactive ketones (excluding diaryl/α,β-unsaturated/α-hetero) is 2. The Kier molecular flexibility index (Phi) is 44.9. The fourth-order valence-electron chi connectivity index (χ4n) is 14.9. The molecule has 0 aliphatic rings. The topological polar surface area (TPSA) is 416 Å². The number of nitrogens with one attached hydrogen (secondary N) is 2. The summed E-state index contributed by atoms with van der Waals surface area (Å²) in [6.07, 6.45) is 1.47. The molecule has 760 valence electrons. The molecule has 11 aromatic rings. The molecule has 0 bridgehead atoms. The van der Waals surface area contributed by atoms with Crippen LogP contribution >= 0.6 is 24.0 Å². The minimum absolute atomic E-state index is 0. The first-order valence-corrected chi connectivity index (χ1v) is 46.9. The molecule has 34 heteroatoms. The lowest BCUT2D eigenvalue weighted by molar-refractivity contribution is -0.396. The van der Waals surface area contributed by atoms with Crippen LogP contribution in [0.2, 0.25) is 0 Å². The third-order valence-corrected chi connectivity index (χ3v) is 23.7. The normalized spacial score (nSPS) is 11.6. The third-order valence-electron chi connectivity index (χ3n) is 22.2. The van der Waals surface area contributed by atoms with E-state index in [1.54, 1.807) is 86.8 Å². The van der Waals surface area contributed by atoms with Gasteiger partial charge >= 0.3 is 29.7 Å². The Morgan fingerprint density at radius 2 is 0.748 bits per heavy atom. The number of carbonyl (C=O) groups is 7. The molecule has 32 nitrogen and oxygen atoms in total. The third kappa shape index (κ3) is 34.7. The summed E-state index contributed by atoms with van der Waals surface area (Å²) in [7, 11) is 11.2. The van der Waals surface area contributed by atoms with E-state index in [4.69, 9.17) is 61.9 Å². The quantitative estimate of drug-likeness (QED) is 0.00342. The van der Waals surface area contributed by atoms with Gasteiger partial charge in [0.25, 0.3) is 22.8 Å². The predicted molar refractivity (Wildman–Crippen MR) is 545 cm³/mol. The molecular formula is C109H126N5O27S2+. The van der Waals surface area contributed by atoms with Crippen molar-refractivity contribution in [3.63, 3.8) is 0 Å². The number of hydrogen-bond acceptors (Lipinski definition) is 29. The minimum atomic E-state index is -1.72. The van der Waals surface area contributed by atoms with E-state index < -0.39 is 73.9 Å². The van der Waals surface area contributed by atoms with E-state index in [0.717, 1.165) is 110 Å². The van der Waals surface area contributed by atoms with Crippen molar-refractivity contribution < 1.29 is 114 Å². The van der Waals surface area contributed by atoms with Crippen LogP contribution in [0.5, 0.6) is 40.2 Å². The van der Waals surface area contributed by atoms with Gasteiger partial charge in [0.2, 0.25) is 11.7 Å². The number of aryl methyl sites for hydroxylation is 1. The highest BCUT2D eigenvalue weighted by Crippen LogP contribution is 2.47. The number of carbonyl (C=O) groups excluding carboxylic acids is 7. The van der Waals surface area contributed by atoms with Crippen molar-refractivity contribution in [3.8, 4) is 40.2 Å². The first-order valence-electron chi connectivity index (χ1n) is 45.4.